The van der Waals surface area contributed by atoms with Crippen LogP contribution in [0, 0.1) is 24.7 Å². The Labute approximate surface area is 224 Å². The van der Waals surface area contributed by atoms with Crippen LogP contribution in [0.15, 0.2) is 53.4 Å². The van der Waals surface area contributed by atoms with Gasteiger partial charge in [0.15, 0.2) is 5.78 Å². The summed E-state index contributed by atoms with van der Waals surface area (Å²) in [6.07, 6.45) is 11.2. The molecule has 36 heavy (non-hydrogen) atoms. The molecule has 0 radical (unpaired) electrons. The maximum atomic E-state index is 12.6. The molecule has 0 saturated heterocycles. The van der Waals surface area contributed by atoms with Crippen LogP contribution < -0.4 is 5.32 Å². The summed E-state index contributed by atoms with van der Waals surface area (Å²) in [6.45, 7) is 16.0. The van der Waals surface area contributed by atoms with Crippen molar-refractivity contribution in [1.82, 2.24) is 5.32 Å². The molecular weight excluding hydrogens is 470 g/mol. The topological polar surface area (TPSA) is 55.4 Å². The Bertz CT molecular complexity index is 939. The Morgan fingerprint density at radius 3 is 2.31 bits per heavy atom. The second-order valence-electron chi connectivity index (χ2n) is 9.75. The van der Waals surface area contributed by atoms with E-state index in [1.54, 1.807) is 13.0 Å². The van der Waals surface area contributed by atoms with E-state index in [0.29, 0.717) is 16.7 Å². The van der Waals surface area contributed by atoms with Gasteiger partial charge >= 0.3 is 0 Å². The van der Waals surface area contributed by atoms with Gasteiger partial charge in [-0.05, 0) is 75.0 Å². The molecule has 1 saturated carbocycles. The molecule has 1 fully saturated rings. The van der Waals surface area contributed by atoms with Crippen LogP contribution in [0.2, 0.25) is 0 Å². The minimum Gasteiger partial charge on any atom is -0.496 e. The zero-order valence-electron chi connectivity index (χ0n) is 23.4. The summed E-state index contributed by atoms with van der Waals surface area (Å²) < 4.78 is 5.05. The van der Waals surface area contributed by atoms with Crippen LogP contribution in [0.5, 0.6) is 0 Å². The molecule has 1 unspecified atom stereocenters. The Balaban J connectivity index is 0.000000450. The smallest absolute Gasteiger partial charge is 0.227 e. The first-order valence-electron chi connectivity index (χ1n) is 13.3. The summed E-state index contributed by atoms with van der Waals surface area (Å²) in [6, 6.07) is 5.88. The number of rotatable bonds is 10. The number of carbonyl (C=O) groups is 2. The molecule has 1 aliphatic rings. The van der Waals surface area contributed by atoms with E-state index in [2.05, 4.69) is 39.6 Å². The van der Waals surface area contributed by atoms with E-state index in [0.717, 1.165) is 55.7 Å². The zero-order chi connectivity index (χ0) is 27.3. The standard InChI is InChI=1S/C20H32ClNO2.C11H14O/c1-6-14(3)12-18(13-19(21)15(4)24-5)22-20(23)17-10-8-16(7-2)9-11-17;1-4-10-8(2)6-5-7-11(10)9(3)12/h12-14,16-17H,4,6-11H2,1-3,5H3,(H,22,23);5-7H,4H2,1-3H3/b18-12+,19-13+;. The van der Waals surface area contributed by atoms with Crippen LogP contribution in [-0.4, -0.2) is 18.8 Å². The lowest BCUT2D eigenvalue weighted by Gasteiger charge is -2.27. The van der Waals surface area contributed by atoms with Gasteiger partial charge in [0.25, 0.3) is 0 Å². The van der Waals surface area contributed by atoms with Crippen molar-refractivity contribution in [3.8, 4) is 0 Å². The number of nitrogens with one attached hydrogen (secondary N) is 1. The lowest BCUT2D eigenvalue weighted by molar-refractivity contribution is -0.125. The molecule has 1 aromatic carbocycles. The van der Waals surface area contributed by atoms with E-state index < -0.39 is 0 Å². The van der Waals surface area contributed by atoms with Gasteiger partial charge < -0.3 is 10.1 Å². The number of ether oxygens (including phenoxy) is 1. The molecule has 1 aliphatic carbocycles. The van der Waals surface area contributed by atoms with E-state index in [1.807, 2.05) is 31.2 Å². The van der Waals surface area contributed by atoms with E-state index in [-0.39, 0.29) is 17.6 Å². The fourth-order valence-corrected chi connectivity index (χ4v) is 4.64. The summed E-state index contributed by atoms with van der Waals surface area (Å²) in [5.74, 6) is 1.89. The third-order valence-corrected chi connectivity index (χ3v) is 7.43. The van der Waals surface area contributed by atoms with Crippen LogP contribution in [0.3, 0.4) is 0 Å². The van der Waals surface area contributed by atoms with Crippen molar-refractivity contribution < 1.29 is 14.3 Å². The highest BCUT2D eigenvalue weighted by atomic mass is 35.5. The molecule has 1 atom stereocenters. The molecule has 0 bridgehead atoms. The molecule has 4 nitrogen and oxygen atoms in total. The number of carbonyl (C=O) groups excluding carboxylic acids is 2. The average Bonchev–Trinajstić information content (AvgIpc) is 2.87. The first-order valence-corrected chi connectivity index (χ1v) is 13.7. The van der Waals surface area contributed by atoms with Crippen LogP contribution in [0.1, 0.15) is 94.6 Å². The predicted octanol–water partition coefficient (Wildman–Crippen LogP) is 8.29. The van der Waals surface area contributed by atoms with E-state index in [9.17, 15) is 9.59 Å². The monoisotopic (exact) mass is 515 g/mol. The van der Waals surface area contributed by atoms with E-state index in [1.165, 1.54) is 24.7 Å². The van der Waals surface area contributed by atoms with E-state index >= 15 is 0 Å². The first kappa shape index (κ1) is 31.7. The normalized spacial score (nSPS) is 19.0. The minimum absolute atomic E-state index is 0.0999. The maximum absolute atomic E-state index is 12.6. The van der Waals surface area contributed by atoms with Crippen LogP contribution in [0.25, 0.3) is 0 Å². The Morgan fingerprint density at radius 2 is 1.83 bits per heavy atom. The summed E-state index contributed by atoms with van der Waals surface area (Å²) in [7, 11) is 1.53. The van der Waals surface area contributed by atoms with Crippen LogP contribution >= 0.6 is 11.6 Å². The maximum Gasteiger partial charge on any atom is 0.227 e. The Morgan fingerprint density at radius 1 is 1.19 bits per heavy atom. The number of methoxy groups -OCH3 is 1. The molecule has 1 N–H and O–H groups in total. The third-order valence-electron chi connectivity index (χ3n) is 7.11. The second kappa shape index (κ2) is 16.4. The van der Waals surface area contributed by atoms with E-state index in [4.69, 9.17) is 16.3 Å². The summed E-state index contributed by atoms with van der Waals surface area (Å²) in [4.78, 5) is 23.8. The zero-order valence-corrected chi connectivity index (χ0v) is 24.1. The Kier molecular flexibility index (Phi) is 14.5. The number of aryl methyl sites for hydroxylation is 1. The molecule has 0 spiro atoms. The van der Waals surface area contributed by atoms with Crippen molar-refractivity contribution in [2.75, 3.05) is 7.11 Å². The fourth-order valence-electron chi connectivity index (χ4n) is 4.44. The number of ketones is 1. The first-order chi connectivity index (χ1) is 17.1. The number of allylic oxidation sites excluding steroid dienone is 3. The molecule has 0 aromatic heterocycles. The lowest BCUT2D eigenvalue weighted by atomic mass is 9.80. The van der Waals surface area contributed by atoms with Gasteiger partial charge in [-0.1, -0.05) is 83.0 Å². The minimum atomic E-state index is 0.0999. The summed E-state index contributed by atoms with van der Waals surface area (Å²) in [5, 5.41) is 3.46. The van der Waals surface area contributed by atoms with Gasteiger partial charge in [-0.2, -0.15) is 0 Å². The van der Waals surface area contributed by atoms with Crippen molar-refractivity contribution in [2.45, 2.75) is 86.5 Å². The van der Waals surface area contributed by atoms with Crippen LogP contribution in [0.4, 0.5) is 0 Å². The van der Waals surface area contributed by atoms with Crippen molar-refractivity contribution >= 4 is 23.3 Å². The number of hydrogen-bond donors (Lipinski definition) is 1. The van der Waals surface area contributed by atoms with Gasteiger partial charge in [0.05, 0.1) is 12.1 Å². The second-order valence-corrected chi connectivity index (χ2v) is 10.2. The fraction of sp³-hybridized carbons (Fsp3) is 0.548. The Hall–Kier alpha value is -2.33. The SMILES string of the molecule is C=C(OC)/C(Cl)=C\C(=C/C(C)CC)NC(=O)C1CCC(CC)CC1.CCc1c(C)cccc1C(C)=O. The summed E-state index contributed by atoms with van der Waals surface area (Å²) in [5.41, 5.74) is 4.00. The number of benzene rings is 1. The molecule has 2 rings (SSSR count). The molecule has 1 aromatic rings. The van der Waals surface area contributed by atoms with Gasteiger partial charge in [0, 0.05) is 17.2 Å². The van der Waals surface area contributed by atoms with Gasteiger partial charge in [-0.15, -0.1) is 0 Å². The highest BCUT2D eigenvalue weighted by Crippen LogP contribution is 2.31. The summed E-state index contributed by atoms with van der Waals surface area (Å²) >= 11 is 6.20. The molecule has 0 aliphatic heterocycles. The largest absolute Gasteiger partial charge is 0.496 e. The number of hydrogen-bond acceptors (Lipinski definition) is 3. The van der Waals surface area contributed by atoms with Crippen molar-refractivity contribution in [3.05, 3.63) is 70.1 Å². The van der Waals surface area contributed by atoms with Gasteiger partial charge in [0.1, 0.15) is 5.76 Å². The highest BCUT2D eigenvalue weighted by molar-refractivity contribution is 6.31. The van der Waals surface area contributed by atoms with Gasteiger partial charge in [-0.25, -0.2) is 0 Å². The molecule has 5 heteroatoms. The van der Waals surface area contributed by atoms with Gasteiger partial charge in [0.2, 0.25) is 5.91 Å². The molecule has 0 heterocycles. The molecular formula is C31H46ClNO3. The highest BCUT2D eigenvalue weighted by Gasteiger charge is 2.25. The number of halogens is 1. The lowest BCUT2D eigenvalue weighted by Crippen LogP contribution is -2.32. The number of Topliss-reactive ketones (excluding diaryl/α,β-unsaturated/α-hetero) is 1. The predicted molar refractivity (Wildman–Crippen MR) is 152 cm³/mol. The molecule has 1 amide bonds. The van der Waals surface area contributed by atoms with Crippen molar-refractivity contribution in [3.63, 3.8) is 0 Å². The quantitative estimate of drug-likeness (QED) is 0.194. The third kappa shape index (κ3) is 10.3. The van der Waals surface area contributed by atoms with Crippen molar-refractivity contribution in [1.29, 1.82) is 0 Å². The molecule has 200 valence electrons. The van der Waals surface area contributed by atoms with Crippen LogP contribution in [-0.2, 0) is 16.0 Å². The average molecular weight is 516 g/mol. The van der Waals surface area contributed by atoms with Crippen molar-refractivity contribution in [2.24, 2.45) is 17.8 Å². The number of amides is 1. The van der Waals surface area contributed by atoms with Gasteiger partial charge in [-0.3, -0.25) is 9.59 Å².